The van der Waals surface area contributed by atoms with Crippen molar-refractivity contribution in [2.75, 3.05) is 26.8 Å². The first-order valence-electron chi connectivity index (χ1n) is 6.73. The van der Waals surface area contributed by atoms with Crippen LogP contribution in [0.5, 0.6) is 0 Å². The molecule has 1 atom stereocenters. The van der Waals surface area contributed by atoms with E-state index in [1.807, 2.05) is 12.1 Å². The molecule has 0 saturated carbocycles. The maximum Gasteiger partial charge on any atom is 0.242 e. The quantitative estimate of drug-likeness (QED) is 0.757. The van der Waals surface area contributed by atoms with Crippen molar-refractivity contribution in [1.82, 2.24) is 4.31 Å². The molecule has 2 rings (SSSR count). The van der Waals surface area contributed by atoms with Crippen LogP contribution < -0.4 is 0 Å². The highest BCUT2D eigenvalue weighted by Gasteiger charge is 2.24. The fourth-order valence-corrected chi connectivity index (χ4v) is 3.96. The second kappa shape index (κ2) is 7.02. The third-order valence-electron chi connectivity index (χ3n) is 3.56. The summed E-state index contributed by atoms with van der Waals surface area (Å²) in [6, 6.07) is 7.00. The number of rotatable bonds is 5. The van der Waals surface area contributed by atoms with Gasteiger partial charge >= 0.3 is 0 Å². The Morgan fingerprint density at radius 1 is 1.35 bits per heavy atom. The van der Waals surface area contributed by atoms with Gasteiger partial charge in [-0.05, 0) is 36.5 Å². The first-order valence-corrected chi connectivity index (χ1v) is 9.29. The molecule has 0 spiro atoms. The van der Waals surface area contributed by atoms with Crippen LogP contribution in [0.4, 0.5) is 0 Å². The van der Waals surface area contributed by atoms with E-state index in [1.165, 1.54) is 4.31 Å². The van der Waals surface area contributed by atoms with Crippen LogP contribution in [0.25, 0.3) is 0 Å². The van der Waals surface area contributed by atoms with Gasteiger partial charge in [0.25, 0.3) is 0 Å². The van der Waals surface area contributed by atoms with Crippen LogP contribution in [0.15, 0.2) is 29.2 Å². The molecule has 1 aliphatic rings. The molecule has 0 bridgehead atoms. The van der Waals surface area contributed by atoms with Crippen molar-refractivity contribution in [3.8, 4) is 0 Å². The van der Waals surface area contributed by atoms with E-state index < -0.39 is 10.0 Å². The summed E-state index contributed by atoms with van der Waals surface area (Å²) in [5.41, 5.74) is 1.06. The van der Waals surface area contributed by atoms with E-state index in [0.717, 1.165) is 30.3 Å². The van der Waals surface area contributed by atoms with Gasteiger partial charge in [0.1, 0.15) is 0 Å². The summed E-state index contributed by atoms with van der Waals surface area (Å²) < 4.78 is 31.8. The van der Waals surface area contributed by atoms with Crippen molar-refractivity contribution in [3.05, 3.63) is 29.8 Å². The van der Waals surface area contributed by atoms with Crippen LogP contribution >= 0.6 is 15.9 Å². The monoisotopic (exact) mass is 361 g/mol. The lowest BCUT2D eigenvalue weighted by atomic mass is 10.0. The molecule has 1 aromatic carbocycles. The molecule has 1 aromatic rings. The number of hydrogen-bond donors (Lipinski definition) is 0. The third-order valence-corrected chi connectivity index (χ3v) is 6.04. The molecule has 1 aliphatic heterocycles. The van der Waals surface area contributed by atoms with Gasteiger partial charge in [-0.25, -0.2) is 12.7 Å². The third kappa shape index (κ3) is 3.81. The Kier molecular flexibility index (Phi) is 5.60. The fraction of sp³-hybridized carbons (Fsp3) is 0.571. The minimum atomic E-state index is -3.40. The first kappa shape index (κ1) is 15.9. The van der Waals surface area contributed by atoms with Gasteiger partial charge in [-0.15, -0.1) is 0 Å². The first-order chi connectivity index (χ1) is 9.54. The Morgan fingerprint density at radius 2 is 2.05 bits per heavy atom. The van der Waals surface area contributed by atoms with Crippen molar-refractivity contribution < 1.29 is 13.2 Å². The highest BCUT2D eigenvalue weighted by atomic mass is 79.9. The largest absolute Gasteiger partial charge is 0.381 e. The molecule has 1 fully saturated rings. The molecule has 1 unspecified atom stereocenters. The van der Waals surface area contributed by atoms with E-state index in [1.54, 1.807) is 19.2 Å². The van der Waals surface area contributed by atoms with Crippen molar-refractivity contribution in [3.63, 3.8) is 0 Å². The van der Waals surface area contributed by atoms with Crippen molar-refractivity contribution in [1.29, 1.82) is 0 Å². The summed E-state index contributed by atoms with van der Waals surface area (Å²) in [4.78, 5) is 0.349. The number of sulfonamides is 1. The number of hydrogen-bond acceptors (Lipinski definition) is 3. The van der Waals surface area contributed by atoms with Gasteiger partial charge in [-0.2, -0.15) is 0 Å². The van der Waals surface area contributed by atoms with Gasteiger partial charge in [-0.1, -0.05) is 28.1 Å². The highest BCUT2D eigenvalue weighted by Crippen LogP contribution is 2.20. The lowest BCUT2D eigenvalue weighted by molar-refractivity contribution is 0.0495. The van der Waals surface area contributed by atoms with E-state index in [0.29, 0.717) is 24.0 Å². The second-order valence-electron chi connectivity index (χ2n) is 5.15. The Labute approximate surface area is 129 Å². The number of ether oxygens (including phenoxy) is 1. The van der Waals surface area contributed by atoms with Crippen molar-refractivity contribution in [2.45, 2.75) is 23.1 Å². The fourth-order valence-electron chi connectivity index (χ4n) is 2.34. The van der Waals surface area contributed by atoms with Crippen molar-refractivity contribution in [2.24, 2.45) is 5.92 Å². The summed E-state index contributed by atoms with van der Waals surface area (Å²) >= 11 is 3.35. The molecule has 0 aliphatic carbocycles. The molecule has 0 aromatic heterocycles. The molecule has 0 N–H and O–H groups in total. The van der Waals surface area contributed by atoms with Gasteiger partial charge < -0.3 is 4.74 Å². The van der Waals surface area contributed by atoms with E-state index in [-0.39, 0.29) is 0 Å². The maximum atomic E-state index is 12.5. The van der Waals surface area contributed by atoms with E-state index >= 15 is 0 Å². The van der Waals surface area contributed by atoms with E-state index in [9.17, 15) is 8.42 Å². The van der Waals surface area contributed by atoms with Crippen LogP contribution in [0, 0.1) is 5.92 Å². The topological polar surface area (TPSA) is 46.6 Å². The van der Waals surface area contributed by atoms with Gasteiger partial charge in [-0.3, -0.25) is 0 Å². The summed E-state index contributed by atoms with van der Waals surface area (Å²) in [5.74, 6) is 0.297. The summed E-state index contributed by atoms with van der Waals surface area (Å²) in [5, 5.41) is 0.725. The summed E-state index contributed by atoms with van der Waals surface area (Å²) in [7, 11) is -1.76. The Morgan fingerprint density at radius 3 is 2.60 bits per heavy atom. The number of alkyl halides is 1. The molecular weight excluding hydrogens is 342 g/mol. The Balaban J connectivity index is 2.07. The molecule has 4 nitrogen and oxygen atoms in total. The minimum Gasteiger partial charge on any atom is -0.381 e. The number of benzene rings is 1. The molecule has 0 amide bonds. The smallest absolute Gasteiger partial charge is 0.242 e. The SMILES string of the molecule is CN(CC1CCCOC1)S(=O)(=O)c1ccc(CBr)cc1. The zero-order chi connectivity index (χ0) is 14.6. The Hall–Kier alpha value is -0.430. The number of halogens is 1. The van der Waals surface area contributed by atoms with Crippen LogP contribution in [0.3, 0.4) is 0 Å². The molecule has 20 heavy (non-hydrogen) atoms. The lowest BCUT2D eigenvalue weighted by Gasteiger charge is -2.26. The van der Waals surface area contributed by atoms with E-state index in [4.69, 9.17) is 4.74 Å². The van der Waals surface area contributed by atoms with Crippen molar-refractivity contribution >= 4 is 26.0 Å². The van der Waals surface area contributed by atoms with E-state index in [2.05, 4.69) is 15.9 Å². The summed E-state index contributed by atoms with van der Waals surface area (Å²) in [6.07, 6.45) is 2.04. The Bertz CT molecular complexity index is 524. The minimum absolute atomic E-state index is 0.297. The van der Waals surface area contributed by atoms with Gasteiger partial charge in [0.2, 0.25) is 10.0 Å². The number of nitrogens with zero attached hydrogens (tertiary/aromatic N) is 1. The molecule has 0 radical (unpaired) electrons. The van der Waals surface area contributed by atoms with Crippen LogP contribution in [0.1, 0.15) is 18.4 Å². The zero-order valence-electron chi connectivity index (χ0n) is 11.6. The zero-order valence-corrected chi connectivity index (χ0v) is 14.0. The van der Waals surface area contributed by atoms with Gasteiger partial charge in [0, 0.05) is 25.5 Å². The predicted molar refractivity (Wildman–Crippen MR) is 82.4 cm³/mol. The standard InChI is InChI=1S/C14H20BrNO3S/c1-16(10-13-3-2-8-19-11-13)20(17,18)14-6-4-12(9-15)5-7-14/h4-7,13H,2-3,8-11H2,1H3. The van der Waals surface area contributed by atoms with Gasteiger partial charge in [0.05, 0.1) is 11.5 Å². The summed E-state index contributed by atoms with van der Waals surface area (Å²) in [6.45, 7) is 1.96. The highest BCUT2D eigenvalue weighted by molar-refractivity contribution is 9.08. The normalized spacial score (nSPS) is 20.2. The maximum absolute atomic E-state index is 12.5. The molecule has 1 saturated heterocycles. The molecule has 112 valence electrons. The average Bonchev–Trinajstić information content (AvgIpc) is 2.48. The van der Waals surface area contributed by atoms with Crippen LogP contribution in [-0.2, 0) is 20.1 Å². The molecular formula is C14H20BrNO3S. The van der Waals surface area contributed by atoms with Crippen LogP contribution in [-0.4, -0.2) is 39.5 Å². The van der Waals surface area contributed by atoms with Crippen LogP contribution in [0.2, 0.25) is 0 Å². The van der Waals surface area contributed by atoms with Gasteiger partial charge in [0.15, 0.2) is 0 Å². The lowest BCUT2D eigenvalue weighted by Crippen LogP contribution is -2.35. The molecule has 1 heterocycles. The predicted octanol–water partition coefficient (Wildman–Crippen LogP) is 2.63. The second-order valence-corrected chi connectivity index (χ2v) is 7.75. The molecule has 6 heteroatoms. The average molecular weight is 362 g/mol.